The molecular formula is C21H27N3OS. The van der Waals surface area contributed by atoms with Crippen LogP contribution < -0.4 is 0 Å². The topological polar surface area (TPSA) is 28.5 Å². The molecule has 3 heterocycles. The van der Waals surface area contributed by atoms with Gasteiger partial charge in [-0.2, -0.15) is 0 Å². The number of carbonyl (C=O) groups is 1. The largest absolute Gasteiger partial charge is 0.346 e. The van der Waals surface area contributed by atoms with Gasteiger partial charge in [0.15, 0.2) is 0 Å². The van der Waals surface area contributed by atoms with Crippen LogP contribution in [0.15, 0.2) is 29.7 Å². The van der Waals surface area contributed by atoms with E-state index in [4.69, 9.17) is 0 Å². The van der Waals surface area contributed by atoms with Crippen LogP contribution in [-0.4, -0.2) is 46.5 Å². The Balaban J connectivity index is 1.33. The van der Waals surface area contributed by atoms with Crippen LogP contribution in [0.4, 0.5) is 0 Å². The molecule has 0 unspecified atom stereocenters. The molecule has 1 amide bonds. The van der Waals surface area contributed by atoms with Crippen molar-refractivity contribution in [1.29, 1.82) is 0 Å². The average molecular weight is 370 g/mol. The van der Waals surface area contributed by atoms with Gasteiger partial charge >= 0.3 is 0 Å². The van der Waals surface area contributed by atoms with Crippen molar-refractivity contribution in [2.75, 3.05) is 26.2 Å². The molecule has 1 aliphatic heterocycles. The molecule has 4 nitrogen and oxygen atoms in total. The number of nitrogens with zero attached hydrogens (tertiary/aromatic N) is 3. The first-order chi connectivity index (χ1) is 12.6. The SMILES string of the molecule is Cc1cc(/C=C/C(=O)N2CCN(Cc3cccs3)CC2)c(C)n1C1CC1. The highest BCUT2D eigenvalue weighted by Crippen LogP contribution is 2.38. The molecule has 0 radical (unpaired) electrons. The van der Waals surface area contributed by atoms with E-state index in [9.17, 15) is 4.79 Å². The maximum absolute atomic E-state index is 12.6. The molecule has 1 aliphatic carbocycles. The van der Waals surface area contributed by atoms with Crippen molar-refractivity contribution in [2.24, 2.45) is 0 Å². The van der Waals surface area contributed by atoms with Gasteiger partial charge in [-0.05, 0) is 55.8 Å². The fraction of sp³-hybridized carbons (Fsp3) is 0.476. The Kier molecular flexibility index (Phi) is 5.00. The van der Waals surface area contributed by atoms with E-state index in [1.807, 2.05) is 11.0 Å². The lowest BCUT2D eigenvalue weighted by atomic mass is 10.2. The monoisotopic (exact) mass is 369 g/mol. The molecule has 26 heavy (non-hydrogen) atoms. The standard InChI is InChI=1S/C21H27N3OS/c1-16-14-18(17(2)24(16)19-6-7-19)5-8-21(25)23-11-9-22(10-12-23)15-20-4-3-13-26-20/h3-5,8,13-14,19H,6-7,9-12,15H2,1-2H3/b8-5+. The molecule has 0 N–H and O–H groups in total. The summed E-state index contributed by atoms with van der Waals surface area (Å²) in [4.78, 5) is 18.4. The fourth-order valence-electron chi connectivity index (χ4n) is 3.88. The van der Waals surface area contributed by atoms with Crippen molar-refractivity contribution in [1.82, 2.24) is 14.4 Å². The number of aryl methyl sites for hydroxylation is 1. The zero-order chi connectivity index (χ0) is 18.1. The molecule has 2 aromatic rings. The minimum atomic E-state index is 0.136. The molecule has 0 aromatic carbocycles. The van der Waals surface area contributed by atoms with Crippen molar-refractivity contribution < 1.29 is 4.79 Å². The number of rotatable bonds is 5. The quantitative estimate of drug-likeness (QED) is 0.749. The molecule has 138 valence electrons. The second-order valence-electron chi connectivity index (χ2n) is 7.44. The van der Waals surface area contributed by atoms with Gasteiger partial charge < -0.3 is 9.47 Å². The van der Waals surface area contributed by atoms with Gasteiger partial charge in [-0.15, -0.1) is 11.3 Å². The summed E-state index contributed by atoms with van der Waals surface area (Å²) in [5.41, 5.74) is 3.77. The van der Waals surface area contributed by atoms with Gasteiger partial charge in [-0.25, -0.2) is 0 Å². The van der Waals surface area contributed by atoms with Gasteiger partial charge in [0.25, 0.3) is 0 Å². The van der Waals surface area contributed by atoms with E-state index in [0.717, 1.165) is 32.7 Å². The number of piperazine rings is 1. The predicted octanol–water partition coefficient (Wildman–Crippen LogP) is 3.86. The summed E-state index contributed by atoms with van der Waals surface area (Å²) >= 11 is 1.80. The second-order valence-corrected chi connectivity index (χ2v) is 8.47. The Morgan fingerprint density at radius 3 is 2.65 bits per heavy atom. The van der Waals surface area contributed by atoms with Crippen molar-refractivity contribution in [3.05, 3.63) is 51.5 Å². The van der Waals surface area contributed by atoms with Crippen molar-refractivity contribution in [3.8, 4) is 0 Å². The Labute approximate surface area is 159 Å². The lowest BCUT2D eigenvalue weighted by Crippen LogP contribution is -2.47. The normalized spacial score (nSPS) is 18.8. The third kappa shape index (κ3) is 3.79. The van der Waals surface area contributed by atoms with E-state index < -0.39 is 0 Å². The Hall–Kier alpha value is -1.85. The van der Waals surface area contributed by atoms with E-state index in [1.165, 1.54) is 34.7 Å². The summed E-state index contributed by atoms with van der Waals surface area (Å²) in [5, 5.41) is 2.13. The van der Waals surface area contributed by atoms with Crippen LogP contribution in [0, 0.1) is 13.8 Å². The average Bonchev–Trinajstić information content (AvgIpc) is 3.25. The van der Waals surface area contributed by atoms with Crippen LogP contribution in [0.5, 0.6) is 0 Å². The van der Waals surface area contributed by atoms with Crippen LogP contribution in [0.1, 0.15) is 40.7 Å². The molecule has 1 saturated carbocycles. The van der Waals surface area contributed by atoms with Crippen LogP contribution in [0.25, 0.3) is 6.08 Å². The van der Waals surface area contributed by atoms with Gasteiger partial charge in [0.05, 0.1) is 0 Å². The summed E-state index contributed by atoms with van der Waals surface area (Å²) in [6.45, 7) is 8.87. The third-order valence-corrected chi connectivity index (χ3v) is 6.35. The molecule has 0 spiro atoms. The highest BCUT2D eigenvalue weighted by atomic mass is 32.1. The Morgan fingerprint density at radius 2 is 2.00 bits per heavy atom. The smallest absolute Gasteiger partial charge is 0.246 e. The van der Waals surface area contributed by atoms with Crippen molar-refractivity contribution in [2.45, 2.75) is 39.3 Å². The number of hydrogen-bond acceptors (Lipinski definition) is 3. The number of amides is 1. The van der Waals surface area contributed by atoms with E-state index in [2.05, 4.69) is 46.9 Å². The van der Waals surface area contributed by atoms with Crippen molar-refractivity contribution >= 4 is 23.3 Å². The highest BCUT2D eigenvalue weighted by molar-refractivity contribution is 7.09. The summed E-state index contributed by atoms with van der Waals surface area (Å²) in [5.74, 6) is 0.136. The second kappa shape index (κ2) is 7.41. The van der Waals surface area contributed by atoms with E-state index in [1.54, 1.807) is 17.4 Å². The highest BCUT2D eigenvalue weighted by Gasteiger charge is 2.26. The molecule has 0 atom stereocenters. The van der Waals surface area contributed by atoms with Crippen LogP contribution in [0.2, 0.25) is 0 Å². The minimum absolute atomic E-state index is 0.136. The zero-order valence-corrected chi connectivity index (χ0v) is 16.5. The molecule has 0 bridgehead atoms. The van der Waals surface area contributed by atoms with E-state index in [0.29, 0.717) is 6.04 Å². The number of aromatic nitrogens is 1. The summed E-state index contributed by atoms with van der Waals surface area (Å²) < 4.78 is 2.42. The maximum atomic E-state index is 12.6. The molecule has 2 aliphatic rings. The minimum Gasteiger partial charge on any atom is -0.346 e. The molecule has 2 aromatic heterocycles. The molecule has 5 heteroatoms. The number of thiophene rings is 1. The van der Waals surface area contributed by atoms with Crippen LogP contribution >= 0.6 is 11.3 Å². The summed E-state index contributed by atoms with van der Waals surface area (Å²) in [6.07, 6.45) is 6.33. The number of carbonyl (C=O) groups excluding carboxylic acids is 1. The van der Waals surface area contributed by atoms with Crippen LogP contribution in [0.3, 0.4) is 0 Å². The first-order valence-corrected chi connectivity index (χ1v) is 10.4. The first kappa shape index (κ1) is 17.6. The predicted molar refractivity (Wildman–Crippen MR) is 107 cm³/mol. The Bertz CT molecular complexity index is 794. The molecule has 4 rings (SSSR count). The van der Waals surface area contributed by atoms with E-state index >= 15 is 0 Å². The maximum Gasteiger partial charge on any atom is 0.246 e. The lowest BCUT2D eigenvalue weighted by molar-refractivity contribution is -0.127. The lowest BCUT2D eigenvalue weighted by Gasteiger charge is -2.33. The van der Waals surface area contributed by atoms with Gasteiger partial charge in [0.2, 0.25) is 5.91 Å². The Morgan fingerprint density at radius 1 is 1.23 bits per heavy atom. The summed E-state index contributed by atoms with van der Waals surface area (Å²) in [7, 11) is 0. The van der Waals surface area contributed by atoms with Gasteiger partial charge in [-0.3, -0.25) is 9.69 Å². The van der Waals surface area contributed by atoms with Crippen molar-refractivity contribution in [3.63, 3.8) is 0 Å². The molecule has 2 fully saturated rings. The third-order valence-electron chi connectivity index (χ3n) is 5.48. The van der Waals surface area contributed by atoms with Gasteiger partial charge in [0.1, 0.15) is 0 Å². The molecular weight excluding hydrogens is 342 g/mol. The first-order valence-electron chi connectivity index (χ1n) is 9.52. The molecule has 1 saturated heterocycles. The van der Waals surface area contributed by atoms with Gasteiger partial charge in [-0.1, -0.05) is 6.07 Å². The van der Waals surface area contributed by atoms with Gasteiger partial charge in [0, 0.05) is 61.1 Å². The fourth-order valence-corrected chi connectivity index (χ4v) is 4.63. The zero-order valence-electron chi connectivity index (χ0n) is 15.6. The number of hydrogen-bond donors (Lipinski definition) is 0. The van der Waals surface area contributed by atoms with Crippen LogP contribution in [-0.2, 0) is 11.3 Å². The summed E-state index contributed by atoms with van der Waals surface area (Å²) in [6, 6.07) is 7.17. The van der Waals surface area contributed by atoms with E-state index in [-0.39, 0.29) is 5.91 Å².